The molecule has 0 fully saturated rings. The second kappa shape index (κ2) is 9.85. The van der Waals surface area contributed by atoms with Crippen LogP contribution in [0.4, 0.5) is 8.78 Å². The third-order valence-electron chi connectivity index (χ3n) is 4.37. The molecule has 0 aliphatic rings. The van der Waals surface area contributed by atoms with E-state index in [1.54, 1.807) is 19.1 Å². The van der Waals surface area contributed by atoms with E-state index in [9.17, 15) is 18.7 Å². The fourth-order valence-electron chi connectivity index (χ4n) is 2.78. The van der Waals surface area contributed by atoms with Crippen molar-refractivity contribution in [2.24, 2.45) is 0 Å². The van der Waals surface area contributed by atoms with Crippen LogP contribution in [0.1, 0.15) is 29.7 Å². The first-order valence-electron chi connectivity index (χ1n) is 9.49. The maximum atomic E-state index is 14.6. The van der Waals surface area contributed by atoms with Crippen molar-refractivity contribution in [3.8, 4) is 29.3 Å². The molecule has 0 saturated heterocycles. The van der Waals surface area contributed by atoms with Gasteiger partial charge in [-0.3, -0.25) is 0 Å². The van der Waals surface area contributed by atoms with Crippen molar-refractivity contribution in [1.29, 1.82) is 5.26 Å². The lowest BCUT2D eigenvalue weighted by Crippen LogP contribution is -2.15. The molecule has 3 aromatic rings. The first-order chi connectivity index (χ1) is 15.3. The predicted molar refractivity (Wildman–Crippen MR) is 109 cm³/mol. The Bertz CT molecular complexity index is 1180. The van der Waals surface area contributed by atoms with Crippen LogP contribution >= 0.6 is 0 Å². The highest BCUT2D eigenvalue weighted by Crippen LogP contribution is 2.33. The fraction of sp³-hybridized carbons (Fsp3) is 0.174. The van der Waals surface area contributed by atoms with Gasteiger partial charge in [0.15, 0.2) is 17.7 Å². The molecule has 7 nitrogen and oxygen atoms in total. The van der Waals surface area contributed by atoms with E-state index in [0.717, 1.165) is 0 Å². The molecule has 1 atom stereocenters. The van der Waals surface area contributed by atoms with E-state index in [1.807, 2.05) is 6.07 Å². The molecule has 3 rings (SSSR count). The van der Waals surface area contributed by atoms with Crippen LogP contribution in [-0.2, 0) is 9.53 Å². The molecule has 1 heterocycles. The van der Waals surface area contributed by atoms with E-state index in [4.69, 9.17) is 19.5 Å². The molecule has 0 aliphatic carbocycles. The maximum absolute atomic E-state index is 14.6. The van der Waals surface area contributed by atoms with Crippen LogP contribution in [0.3, 0.4) is 0 Å². The van der Waals surface area contributed by atoms with Crippen molar-refractivity contribution in [2.45, 2.75) is 20.0 Å². The van der Waals surface area contributed by atoms with Crippen LogP contribution in [0.25, 0.3) is 0 Å². The largest absolute Gasteiger partial charge is 0.479 e. The highest BCUT2D eigenvalue weighted by Gasteiger charge is 2.22. The molecule has 32 heavy (non-hydrogen) atoms. The molecule has 9 heteroatoms. The Kier molecular flexibility index (Phi) is 6.97. The van der Waals surface area contributed by atoms with E-state index in [0.29, 0.717) is 11.1 Å². The number of nitriles is 1. The zero-order valence-corrected chi connectivity index (χ0v) is 17.1. The summed E-state index contributed by atoms with van der Waals surface area (Å²) in [5, 5.41) is 18.2. The molecule has 0 aliphatic heterocycles. The Labute approximate surface area is 182 Å². The Hall–Kier alpha value is -4.03. The summed E-state index contributed by atoms with van der Waals surface area (Å²) in [6.07, 6.45) is -1.15. The number of carbonyl (C=O) groups is 1. The van der Waals surface area contributed by atoms with Crippen molar-refractivity contribution in [1.82, 2.24) is 4.98 Å². The summed E-state index contributed by atoms with van der Waals surface area (Å²) in [5.74, 6) is -3.92. The third-order valence-corrected chi connectivity index (χ3v) is 4.37. The number of aliphatic carboxylic acids is 1. The van der Waals surface area contributed by atoms with Gasteiger partial charge in [-0.25, -0.2) is 13.6 Å². The van der Waals surface area contributed by atoms with Crippen LogP contribution in [0.2, 0.25) is 0 Å². The monoisotopic (exact) mass is 440 g/mol. The zero-order valence-electron chi connectivity index (χ0n) is 17.1. The van der Waals surface area contributed by atoms with Crippen molar-refractivity contribution in [3.05, 3.63) is 76.9 Å². The van der Waals surface area contributed by atoms with E-state index in [1.165, 1.54) is 43.3 Å². The minimum absolute atomic E-state index is 0.143. The summed E-state index contributed by atoms with van der Waals surface area (Å²) >= 11 is 0. The fourth-order valence-corrected chi connectivity index (χ4v) is 2.78. The van der Waals surface area contributed by atoms with Gasteiger partial charge in [0.05, 0.1) is 11.6 Å². The molecule has 164 valence electrons. The molecule has 1 unspecified atom stereocenters. The van der Waals surface area contributed by atoms with E-state index in [-0.39, 0.29) is 23.7 Å². The molecule has 0 amide bonds. The number of hydrogen-bond donors (Lipinski definition) is 1. The number of benzene rings is 2. The van der Waals surface area contributed by atoms with Gasteiger partial charge >= 0.3 is 5.97 Å². The van der Waals surface area contributed by atoms with Gasteiger partial charge in [-0.1, -0.05) is 18.2 Å². The SMILES string of the molecule is CCOC(C(=O)O)c1ccc(Oc2nc(Oc3cccc(C#N)c3)c(F)c(C)c2F)cc1. The third kappa shape index (κ3) is 4.99. The average molecular weight is 440 g/mol. The molecule has 1 aromatic heterocycles. The summed E-state index contributed by atoms with van der Waals surface area (Å²) in [5.41, 5.74) is 0.308. The Balaban J connectivity index is 1.88. The van der Waals surface area contributed by atoms with E-state index < -0.39 is 35.5 Å². The van der Waals surface area contributed by atoms with Gasteiger partial charge < -0.3 is 19.3 Å². The first-order valence-corrected chi connectivity index (χ1v) is 9.49. The number of carboxylic acid groups (broad SMARTS) is 1. The highest BCUT2D eigenvalue weighted by atomic mass is 19.1. The zero-order chi connectivity index (χ0) is 23.3. The minimum atomic E-state index is -1.15. The van der Waals surface area contributed by atoms with Crippen molar-refractivity contribution in [3.63, 3.8) is 0 Å². The van der Waals surface area contributed by atoms with Crippen LogP contribution < -0.4 is 9.47 Å². The number of ether oxygens (including phenoxy) is 3. The summed E-state index contributed by atoms with van der Waals surface area (Å²) in [7, 11) is 0. The molecule has 2 aromatic carbocycles. The number of halogens is 2. The van der Waals surface area contributed by atoms with Crippen molar-refractivity contribution < 1.29 is 32.9 Å². The lowest BCUT2D eigenvalue weighted by Gasteiger charge is -2.14. The molecular formula is C23H18F2N2O5. The van der Waals surface area contributed by atoms with Gasteiger partial charge in [0.2, 0.25) is 0 Å². The number of rotatable bonds is 8. The lowest BCUT2D eigenvalue weighted by molar-refractivity contribution is -0.150. The highest BCUT2D eigenvalue weighted by molar-refractivity contribution is 5.74. The Morgan fingerprint density at radius 1 is 1.09 bits per heavy atom. The summed E-state index contributed by atoms with van der Waals surface area (Å²) in [6.45, 7) is 3.09. The van der Waals surface area contributed by atoms with Gasteiger partial charge in [-0.15, -0.1) is 0 Å². The second-order valence-electron chi connectivity index (χ2n) is 6.56. The minimum Gasteiger partial charge on any atom is -0.479 e. The molecule has 0 radical (unpaired) electrons. The molecule has 0 saturated carbocycles. The van der Waals surface area contributed by atoms with Crippen LogP contribution in [-0.4, -0.2) is 22.7 Å². The van der Waals surface area contributed by atoms with Gasteiger partial charge in [0.25, 0.3) is 11.8 Å². The standard InChI is InChI=1S/C23H18F2N2O5/c1-3-30-20(23(28)29)15-7-9-16(10-8-15)31-21-18(24)13(2)19(25)22(27-21)32-17-6-4-5-14(11-17)12-26/h4-11,20H,3H2,1-2H3,(H,28,29). The smallest absolute Gasteiger partial charge is 0.337 e. The molecule has 0 spiro atoms. The van der Waals surface area contributed by atoms with Gasteiger partial charge in [-0.2, -0.15) is 10.2 Å². The summed E-state index contributed by atoms with van der Waals surface area (Å²) < 4.78 is 45.1. The van der Waals surface area contributed by atoms with Crippen LogP contribution in [0.5, 0.6) is 23.3 Å². The molecule has 1 N–H and O–H groups in total. The van der Waals surface area contributed by atoms with Gasteiger partial charge in [0, 0.05) is 12.2 Å². The van der Waals surface area contributed by atoms with Gasteiger partial charge in [-0.05, 0) is 49.7 Å². The number of pyridine rings is 1. The molecule has 0 bridgehead atoms. The Morgan fingerprint density at radius 2 is 1.72 bits per heavy atom. The number of carboxylic acids is 1. The number of nitrogens with zero attached hydrogens (tertiary/aromatic N) is 2. The topological polar surface area (TPSA) is 102 Å². The van der Waals surface area contributed by atoms with E-state index in [2.05, 4.69) is 4.98 Å². The van der Waals surface area contributed by atoms with Crippen molar-refractivity contribution >= 4 is 5.97 Å². The van der Waals surface area contributed by atoms with Crippen LogP contribution in [0.15, 0.2) is 48.5 Å². The number of aromatic nitrogens is 1. The maximum Gasteiger partial charge on any atom is 0.337 e. The Morgan fingerprint density at radius 3 is 2.28 bits per heavy atom. The summed E-state index contributed by atoms with van der Waals surface area (Å²) in [6, 6.07) is 13.7. The predicted octanol–water partition coefficient (Wildman–Crippen LogP) is 5.29. The molecular weight excluding hydrogens is 422 g/mol. The van der Waals surface area contributed by atoms with Crippen molar-refractivity contribution in [2.75, 3.05) is 6.61 Å². The quantitative estimate of drug-likeness (QED) is 0.508. The second-order valence-corrected chi connectivity index (χ2v) is 6.56. The van der Waals surface area contributed by atoms with Gasteiger partial charge in [0.1, 0.15) is 11.5 Å². The van der Waals surface area contributed by atoms with E-state index >= 15 is 0 Å². The summed E-state index contributed by atoms with van der Waals surface area (Å²) in [4.78, 5) is 15.1. The average Bonchev–Trinajstić information content (AvgIpc) is 2.79. The lowest BCUT2D eigenvalue weighted by atomic mass is 10.1. The first kappa shape index (κ1) is 22.7. The van der Waals surface area contributed by atoms with Crippen LogP contribution in [0, 0.1) is 29.9 Å². The normalized spacial score (nSPS) is 11.5. The number of hydrogen-bond acceptors (Lipinski definition) is 6.